The van der Waals surface area contributed by atoms with E-state index in [1.165, 1.54) is 39.0 Å². The van der Waals surface area contributed by atoms with E-state index in [-0.39, 0.29) is 0 Å². The number of hydrogen-bond donors (Lipinski definition) is 2. The summed E-state index contributed by atoms with van der Waals surface area (Å²) in [6.07, 6.45) is 8.57. The summed E-state index contributed by atoms with van der Waals surface area (Å²) in [4.78, 5) is 18.9. The van der Waals surface area contributed by atoms with E-state index in [4.69, 9.17) is 27.3 Å². The van der Waals surface area contributed by atoms with Crippen LogP contribution in [0.5, 0.6) is 0 Å². The van der Waals surface area contributed by atoms with Gasteiger partial charge in [0, 0.05) is 67.8 Å². The van der Waals surface area contributed by atoms with Gasteiger partial charge < -0.3 is 25.1 Å². The highest BCUT2D eigenvalue weighted by molar-refractivity contribution is 6.31. The summed E-state index contributed by atoms with van der Waals surface area (Å²) in [5.41, 5.74) is 12.4. The molecule has 1 saturated carbocycles. The average Bonchev–Trinajstić information content (AvgIpc) is 3.53. The molecule has 1 saturated heterocycles. The van der Waals surface area contributed by atoms with E-state index >= 15 is 0 Å². The van der Waals surface area contributed by atoms with Crippen LogP contribution in [0.3, 0.4) is 0 Å². The monoisotopic (exact) mass is 569 g/mol. The van der Waals surface area contributed by atoms with Gasteiger partial charge in [0.05, 0.1) is 16.4 Å². The summed E-state index contributed by atoms with van der Waals surface area (Å²) in [5, 5.41) is 5.07. The molecule has 0 bridgehead atoms. The third-order valence-electron chi connectivity index (χ3n) is 9.05. The summed E-state index contributed by atoms with van der Waals surface area (Å²) >= 11 is 6.20. The van der Waals surface area contributed by atoms with Gasteiger partial charge in [0.15, 0.2) is 0 Å². The molecule has 2 aliphatic rings. The smallest absolute Gasteiger partial charge is 0.208 e. The van der Waals surface area contributed by atoms with E-state index in [0.717, 1.165) is 57.7 Å². The Labute approximate surface area is 244 Å². The van der Waals surface area contributed by atoms with Crippen molar-refractivity contribution in [2.24, 2.45) is 7.05 Å². The zero-order chi connectivity index (χ0) is 28.1. The lowest BCUT2D eigenvalue weighted by molar-refractivity contribution is 0.0828. The van der Waals surface area contributed by atoms with Gasteiger partial charge in [0.1, 0.15) is 17.8 Å². The second kappa shape index (κ2) is 10.6. The highest BCUT2D eigenvalue weighted by Gasteiger charge is 2.30. The molecule has 1 aliphatic heterocycles. The summed E-state index contributed by atoms with van der Waals surface area (Å²) in [7, 11) is 4.21. The quantitative estimate of drug-likeness (QED) is 0.281. The number of halogens is 1. The van der Waals surface area contributed by atoms with Crippen LogP contribution in [-0.2, 0) is 7.05 Å². The first-order valence-electron chi connectivity index (χ1n) is 14.5. The molecule has 0 unspecified atom stereocenters. The van der Waals surface area contributed by atoms with E-state index in [1.54, 1.807) is 6.33 Å². The molecule has 0 amide bonds. The standard InChI is InChI=1S/C31H36ClN9/c1-38-13-15-40(16-14-38)23-8-10-24(11-9-23)41-18-25(28-29(33)34-19-35-30(28)41)20-3-6-22(7-4-20)36-31-37-26-12-5-21(32)17-27(26)39(31)2/h3-7,12,17-19,23-24H,8-11,13-16H2,1-2H3,(H,36,37)(H2,33,34,35). The molecule has 9 nitrogen and oxygen atoms in total. The van der Waals surface area contributed by atoms with Gasteiger partial charge in [-0.2, -0.15) is 0 Å². The Morgan fingerprint density at radius 3 is 2.39 bits per heavy atom. The minimum absolute atomic E-state index is 0.413. The Hall–Kier alpha value is -3.66. The number of nitrogens with two attached hydrogens (primary N) is 1. The first-order valence-corrected chi connectivity index (χ1v) is 14.9. The van der Waals surface area contributed by atoms with Gasteiger partial charge in [-0.05, 0) is 68.6 Å². The number of anilines is 3. The fourth-order valence-corrected chi connectivity index (χ4v) is 6.80. The zero-order valence-corrected chi connectivity index (χ0v) is 24.3. The molecule has 0 spiro atoms. The molecule has 0 radical (unpaired) electrons. The van der Waals surface area contributed by atoms with Crippen molar-refractivity contribution in [3.05, 3.63) is 60.0 Å². The molecule has 2 aromatic carbocycles. The number of hydrogen-bond acceptors (Lipinski definition) is 7. The lowest BCUT2D eigenvalue weighted by atomic mass is 9.89. The van der Waals surface area contributed by atoms with Crippen LogP contribution in [-0.4, -0.2) is 73.2 Å². The molecular weight excluding hydrogens is 534 g/mol. The van der Waals surface area contributed by atoms with Gasteiger partial charge in [-0.1, -0.05) is 23.7 Å². The van der Waals surface area contributed by atoms with Crippen molar-refractivity contribution in [1.82, 2.24) is 33.9 Å². The number of nitrogens with one attached hydrogen (secondary N) is 1. The van der Waals surface area contributed by atoms with Gasteiger partial charge in [-0.15, -0.1) is 0 Å². The molecule has 4 heterocycles. The van der Waals surface area contributed by atoms with Crippen molar-refractivity contribution in [3.63, 3.8) is 0 Å². The first kappa shape index (κ1) is 26.3. The number of imidazole rings is 1. The van der Waals surface area contributed by atoms with E-state index in [9.17, 15) is 0 Å². The SMILES string of the molecule is CN1CCN(C2CCC(n3cc(-c4ccc(Nc5nc6ccc(Cl)cc6n5C)cc4)c4c(N)ncnc43)CC2)CC1. The second-order valence-electron chi connectivity index (χ2n) is 11.5. The summed E-state index contributed by atoms with van der Waals surface area (Å²) in [5.74, 6) is 1.28. The summed E-state index contributed by atoms with van der Waals surface area (Å²) in [6, 6.07) is 15.2. The molecule has 0 atom stereocenters. The Morgan fingerprint density at radius 2 is 1.63 bits per heavy atom. The third-order valence-corrected chi connectivity index (χ3v) is 9.28. The van der Waals surface area contributed by atoms with Gasteiger partial charge >= 0.3 is 0 Å². The van der Waals surface area contributed by atoms with Gasteiger partial charge in [0.2, 0.25) is 5.95 Å². The number of benzene rings is 2. The van der Waals surface area contributed by atoms with Crippen LogP contribution in [0.1, 0.15) is 31.7 Å². The van der Waals surface area contributed by atoms with Crippen LogP contribution < -0.4 is 11.1 Å². The minimum atomic E-state index is 0.413. The van der Waals surface area contributed by atoms with E-state index in [0.29, 0.717) is 22.9 Å². The number of rotatable bonds is 5. The van der Waals surface area contributed by atoms with E-state index in [2.05, 4.69) is 62.2 Å². The van der Waals surface area contributed by atoms with Crippen molar-refractivity contribution in [2.75, 3.05) is 44.3 Å². The summed E-state index contributed by atoms with van der Waals surface area (Å²) < 4.78 is 4.37. The van der Waals surface area contributed by atoms with Gasteiger partial charge in [-0.25, -0.2) is 15.0 Å². The van der Waals surface area contributed by atoms with E-state index < -0.39 is 0 Å². The van der Waals surface area contributed by atoms with Crippen LogP contribution in [0.4, 0.5) is 17.5 Å². The normalized spacial score (nSPS) is 20.7. The van der Waals surface area contributed by atoms with Crippen molar-refractivity contribution in [2.45, 2.75) is 37.8 Å². The third kappa shape index (κ3) is 4.92. The number of aromatic nitrogens is 5. The Kier molecular flexibility index (Phi) is 6.81. The number of piperazine rings is 1. The maximum absolute atomic E-state index is 6.46. The van der Waals surface area contributed by atoms with Crippen LogP contribution in [0.25, 0.3) is 33.2 Å². The molecule has 212 valence electrons. The van der Waals surface area contributed by atoms with Crippen molar-refractivity contribution < 1.29 is 0 Å². The van der Waals surface area contributed by atoms with Crippen molar-refractivity contribution in [1.29, 1.82) is 0 Å². The molecule has 3 aromatic heterocycles. The highest BCUT2D eigenvalue weighted by atomic mass is 35.5. The lowest BCUT2D eigenvalue weighted by Crippen LogP contribution is -2.49. The molecule has 41 heavy (non-hydrogen) atoms. The molecule has 3 N–H and O–H groups in total. The molecule has 5 aromatic rings. The predicted octanol–water partition coefficient (Wildman–Crippen LogP) is 5.70. The molecular formula is C31H36ClN9. The number of nitrogen functional groups attached to an aromatic ring is 1. The average molecular weight is 570 g/mol. The number of likely N-dealkylation sites (N-methyl/N-ethyl adjacent to an activating group) is 1. The number of fused-ring (bicyclic) bond motifs is 2. The van der Waals surface area contributed by atoms with Crippen molar-refractivity contribution >= 4 is 51.1 Å². The minimum Gasteiger partial charge on any atom is -0.383 e. The Morgan fingerprint density at radius 1 is 0.902 bits per heavy atom. The van der Waals surface area contributed by atoms with E-state index in [1.807, 2.05) is 29.8 Å². The lowest BCUT2D eigenvalue weighted by Gasteiger charge is -2.41. The highest BCUT2D eigenvalue weighted by Crippen LogP contribution is 2.39. The predicted molar refractivity (Wildman–Crippen MR) is 167 cm³/mol. The molecule has 10 heteroatoms. The zero-order valence-electron chi connectivity index (χ0n) is 23.6. The van der Waals surface area contributed by atoms with Crippen LogP contribution >= 0.6 is 11.6 Å². The van der Waals surface area contributed by atoms with Crippen molar-refractivity contribution in [3.8, 4) is 11.1 Å². The summed E-state index contributed by atoms with van der Waals surface area (Å²) in [6.45, 7) is 4.71. The molecule has 7 rings (SSSR count). The maximum Gasteiger partial charge on any atom is 0.208 e. The fraction of sp³-hybridized carbons (Fsp3) is 0.387. The first-order chi connectivity index (χ1) is 19.9. The number of aryl methyl sites for hydroxylation is 1. The van der Waals surface area contributed by atoms with Gasteiger partial charge in [0.25, 0.3) is 0 Å². The fourth-order valence-electron chi connectivity index (χ4n) is 6.63. The topological polar surface area (TPSA) is 93.1 Å². The second-order valence-corrected chi connectivity index (χ2v) is 12.0. The van der Waals surface area contributed by atoms with Crippen LogP contribution in [0, 0.1) is 0 Å². The van der Waals surface area contributed by atoms with Crippen LogP contribution in [0.15, 0.2) is 55.0 Å². The largest absolute Gasteiger partial charge is 0.383 e. The molecule has 2 fully saturated rings. The Bertz CT molecular complexity index is 1690. The molecule has 1 aliphatic carbocycles. The number of nitrogens with zero attached hydrogens (tertiary/aromatic N) is 7. The Balaban J connectivity index is 1.13. The van der Waals surface area contributed by atoms with Gasteiger partial charge in [-0.3, -0.25) is 4.90 Å². The maximum atomic E-state index is 6.46. The van der Waals surface area contributed by atoms with Crippen LogP contribution in [0.2, 0.25) is 5.02 Å².